The molecule has 0 bridgehead atoms. The Morgan fingerprint density at radius 1 is 1.33 bits per heavy atom. The van der Waals surface area contributed by atoms with Crippen LogP contribution >= 0.6 is 15.9 Å². The summed E-state index contributed by atoms with van der Waals surface area (Å²) in [5.41, 5.74) is 0.506. The van der Waals surface area contributed by atoms with E-state index in [0.717, 1.165) is 16.6 Å². The minimum atomic E-state index is -0.654. The zero-order valence-corrected chi connectivity index (χ0v) is 12.9. The van der Waals surface area contributed by atoms with E-state index in [1.807, 2.05) is 0 Å². The van der Waals surface area contributed by atoms with E-state index >= 15 is 0 Å². The van der Waals surface area contributed by atoms with E-state index in [1.54, 1.807) is 23.9 Å². The van der Waals surface area contributed by atoms with Gasteiger partial charge in [0, 0.05) is 17.7 Å². The summed E-state index contributed by atoms with van der Waals surface area (Å²) in [6.07, 6.45) is 1.71. The highest BCUT2D eigenvalue weighted by Crippen LogP contribution is 2.20. The molecule has 2 rings (SSSR count). The lowest BCUT2D eigenvalue weighted by atomic mass is 10.1. The molecule has 0 aliphatic heterocycles. The second kappa shape index (κ2) is 6.09. The van der Waals surface area contributed by atoms with Crippen molar-refractivity contribution < 1.29 is 18.7 Å². The average molecular weight is 355 g/mol. The number of esters is 1. The third-order valence-electron chi connectivity index (χ3n) is 2.84. The Bertz CT molecular complexity index is 712. The summed E-state index contributed by atoms with van der Waals surface area (Å²) >= 11 is 3.26. The van der Waals surface area contributed by atoms with Gasteiger partial charge in [-0.2, -0.15) is 0 Å². The Morgan fingerprint density at radius 3 is 2.62 bits per heavy atom. The fraction of sp³-hybridized carbons (Fsp3) is 0.143. The van der Waals surface area contributed by atoms with Gasteiger partial charge in [0.15, 0.2) is 0 Å². The van der Waals surface area contributed by atoms with E-state index in [9.17, 15) is 14.0 Å². The maximum absolute atomic E-state index is 13.3. The van der Waals surface area contributed by atoms with Crippen molar-refractivity contribution in [3.05, 3.63) is 52.0 Å². The van der Waals surface area contributed by atoms with Crippen molar-refractivity contribution in [2.24, 2.45) is 7.05 Å². The van der Waals surface area contributed by atoms with Gasteiger partial charge >= 0.3 is 5.97 Å². The van der Waals surface area contributed by atoms with Crippen molar-refractivity contribution in [1.29, 1.82) is 0 Å². The fourth-order valence-electron chi connectivity index (χ4n) is 1.84. The molecule has 1 N–H and O–H groups in total. The third kappa shape index (κ3) is 3.30. The first kappa shape index (κ1) is 15.2. The van der Waals surface area contributed by atoms with Gasteiger partial charge in [-0.05, 0) is 40.2 Å². The van der Waals surface area contributed by atoms with Crippen molar-refractivity contribution >= 4 is 33.5 Å². The first-order chi connectivity index (χ1) is 9.92. The first-order valence-corrected chi connectivity index (χ1v) is 6.72. The van der Waals surface area contributed by atoms with Gasteiger partial charge < -0.3 is 14.6 Å². The number of carbonyl (C=O) groups excluding carboxylic acids is 2. The van der Waals surface area contributed by atoms with Gasteiger partial charge in [-0.25, -0.2) is 9.18 Å². The Morgan fingerprint density at radius 2 is 2.05 bits per heavy atom. The molecule has 1 aromatic heterocycles. The van der Waals surface area contributed by atoms with Gasteiger partial charge in [-0.1, -0.05) is 0 Å². The smallest absolute Gasteiger partial charge is 0.339 e. The maximum Gasteiger partial charge on any atom is 0.339 e. The molecule has 110 valence electrons. The number of halogens is 2. The molecule has 0 unspecified atom stereocenters. The van der Waals surface area contributed by atoms with Crippen LogP contribution in [0.15, 0.2) is 34.9 Å². The highest BCUT2D eigenvalue weighted by molar-refractivity contribution is 9.10. The number of hydrogen-bond donors (Lipinski definition) is 1. The van der Waals surface area contributed by atoms with Crippen LogP contribution in [0.1, 0.15) is 20.8 Å². The summed E-state index contributed by atoms with van der Waals surface area (Å²) in [6.45, 7) is 0. The Balaban J connectivity index is 2.34. The van der Waals surface area contributed by atoms with E-state index < -0.39 is 17.7 Å². The second-order valence-electron chi connectivity index (χ2n) is 4.29. The molecule has 7 heteroatoms. The normalized spacial score (nSPS) is 10.3. The first-order valence-electron chi connectivity index (χ1n) is 5.93. The van der Waals surface area contributed by atoms with E-state index in [1.165, 1.54) is 13.2 Å². The van der Waals surface area contributed by atoms with Gasteiger partial charge in [0.2, 0.25) is 0 Å². The van der Waals surface area contributed by atoms with Gasteiger partial charge in [0.05, 0.1) is 18.4 Å². The molecule has 0 aliphatic rings. The number of benzene rings is 1. The number of aryl methyl sites for hydroxylation is 1. The van der Waals surface area contributed by atoms with Crippen LogP contribution in [0.4, 0.5) is 10.1 Å². The molecule has 0 atom stereocenters. The molecule has 0 saturated carbocycles. The lowest BCUT2D eigenvalue weighted by Crippen LogP contribution is -2.18. The predicted molar refractivity (Wildman–Crippen MR) is 78.8 cm³/mol. The van der Waals surface area contributed by atoms with Gasteiger partial charge in [0.25, 0.3) is 5.91 Å². The third-order valence-corrected chi connectivity index (χ3v) is 3.27. The summed E-state index contributed by atoms with van der Waals surface area (Å²) in [5.74, 6) is -1.68. The van der Waals surface area contributed by atoms with Crippen LogP contribution in [0.5, 0.6) is 0 Å². The highest BCUT2D eigenvalue weighted by atomic mass is 79.9. The van der Waals surface area contributed by atoms with Crippen LogP contribution < -0.4 is 5.32 Å². The summed E-state index contributed by atoms with van der Waals surface area (Å²) in [5, 5.41) is 2.52. The summed E-state index contributed by atoms with van der Waals surface area (Å²) in [4.78, 5) is 23.8. The summed E-state index contributed by atoms with van der Waals surface area (Å²) < 4.78 is 20.3. The number of methoxy groups -OCH3 is 1. The minimum Gasteiger partial charge on any atom is -0.465 e. The molecule has 0 spiro atoms. The van der Waals surface area contributed by atoms with E-state index in [0.29, 0.717) is 5.69 Å². The number of nitrogens with one attached hydrogen (secondary N) is 1. The monoisotopic (exact) mass is 354 g/mol. The predicted octanol–water partition coefficient (Wildman–Crippen LogP) is 2.97. The standard InChI is InChI=1S/C14H12BrFN2O3/c1-18-7-8(15)5-12(18)13(19)17-11-6-9(16)3-4-10(11)14(20)21-2/h3-7H,1-2H3,(H,17,19). The molecule has 0 fully saturated rings. The topological polar surface area (TPSA) is 60.3 Å². The Labute approximate surface area is 128 Å². The van der Waals surface area contributed by atoms with Crippen LogP contribution in [0.2, 0.25) is 0 Å². The number of carbonyl (C=O) groups is 2. The van der Waals surface area contributed by atoms with E-state index in [4.69, 9.17) is 0 Å². The number of rotatable bonds is 3. The molecular formula is C14H12BrFN2O3. The SMILES string of the molecule is COC(=O)c1ccc(F)cc1NC(=O)c1cc(Br)cn1C. The number of aromatic nitrogens is 1. The maximum atomic E-state index is 13.3. The van der Waals surface area contributed by atoms with Crippen molar-refractivity contribution in [1.82, 2.24) is 4.57 Å². The van der Waals surface area contributed by atoms with Crippen molar-refractivity contribution in [2.45, 2.75) is 0 Å². The zero-order chi connectivity index (χ0) is 15.6. The number of ether oxygens (including phenoxy) is 1. The van der Waals surface area contributed by atoms with Crippen LogP contribution in [-0.2, 0) is 11.8 Å². The number of hydrogen-bond acceptors (Lipinski definition) is 3. The molecule has 21 heavy (non-hydrogen) atoms. The van der Waals surface area contributed by atoms with Crippen LogP contribution in [0.25, 0.3) is 0 Å². The number of nitrogens with zero attached hydrogens (tertiary/aromatic N) is 1. The zero-order valence-electron chi connectivity index (χ0n) is 11.3. The van der Waals surface area contributed by atoms with Crippen LogP contribution in [0, 0.1) is 5.82 Å². The molecule has 1 aromatic carbocycles. The summed E-state index contributed by atoms with van der Waals surface area (Å²) in [7, 11) is 2.91. The Hall–Kier alpha value is -2.15. The molecule has 0 saturated heterocycles. The quantitative estimate of drug-likeness (QED) is 0.862. The summed E-state index contributed by atoms with van der Waals surface area (Å²) in [6, 6.07) is 5.08. The number of anilines is 1. The van der Waals surface area contributed by atoms with Crippen molar-refractivity contribution in [2.75, 3.05) is 12.4 Å². The molecule has 1 amide bonds. The van der Waals surface area contributed by atoms with Crippen LogP contribution in [-0.4, -0.2) is 23.6 Å². The van der Waals surface area contributed by atoms with Crippen LogP contribution in [0.3, 0.4) is 0 Å². The van der Waals surface area contributed by atoms with Gasteiger partial charge in [0.1, 0.15) is 11.5 Å². The minimum absolute atomic E-state index is 0.0594. The molecule has 0 aliphatic carbocycles. The lowest BCUT2D eigenvalue weighted by Gasteiger charge is -2.10. The largest absolute Gasteiger partial charge is 0.465 e. The van der Waals surface area contributed by atoms with E-state index in [2.05, 4.69) is 26.0 Å². The highest BCUT2D eigenvalue weighted by Gasteiger charge is 2.17. The molecular weight excluding hydrogens is 343 g/mol. The number of amides is 1. The average Bonchev–Trinajstić information content (AvgIpc) is 2.77. The second-order valence-corrected chi connectivity index (χ2v) is 5.21. The fourth-order valence-corrected chi connectivity index (χ4v) is 2.37. The Kier molecular flexibility index (Phi) is 4.42. The molecule has 1 heterocycles. The van der Waals surface area contributed by atoms with Crippen molar-refractivity contribution in [3.8, 4) is 0 Å². The van der Waals surface area contributed by atoms with Gasteiger partial charge in [-0.15, -0.1) is 0 Å². The molecule has 0 radical (unpaired) electrons. The van der Waals surface area contributed by atoms with E-state index in [-0.39, 0.29) is 11.3 Å². The lowest BCUT2D eigenvalue weighted by molar-refractivity contribution is 0.0602. The molecule has 2 aromatic rings. The van der Waals surface area contributed by atoms with Gasteiger partial charge in [-0.3, -0.25) is 4.79 Å². The van der Waals surface area contributed by atoms with Crippen molar-refractivity contribution in [3.63, 3.8) is 0 Å². The molecule has 5 nitrogen and oxygen atoms in total.